The second kappa shape index (κ2) is 9.77. The maximum absolute atomic E-state index is 12.9. The summed E-state index contributed by atoms with van der Waals surface area (Å²) in [7, 11) is 2.12. The maximum atomic E-state index is 12.9. The minimum absolute atomic E-state index is 0.196. The average molecular weight is 398 g/mol. The fraction of sp³-hybridized carbons (Fsp3) is 0.625. The predicted octanol–water partition coefficient (Wildman–Crippen LogP) is 3.68. The zero-order valence-corrected chi connectivity index (χ0v) is 17.7. The lowest BCUT2D eigenvalue weighted by atomic mass is 9.75. The van der Waals surface area contributed by atoms with E-state index in [2.05, 4.69) is 52.3 Å². The summed E-state index contributed by atoms with van der Waals surface area (Å²) in [5, 5.41) is 4.51. The molecule has 4 rings (SSSR count). The second-order valence-corrected chi connectivity index (χ2v) is 8.73. The molecule has 2 aromatic rings. The topological polar surface area (TPSA) is 46.5 Å². The number of carbonyl (C=O) groups excluding carboxylic acids is 1. The smallest absolute Gasteiger partial charge is 0.220 e. The van der Waals surface area contributed by atoms with E-state index in [9.17, 15) is 4.79 Å². The fourth-order valence-corrected chi connectivity index (χ4v) is 5.19. The summed E-state index contributed by atoms with van der Waals surface area (Å²) >= 11 is 0. The van der Waals surface area contributed by atoms with Crippen LogP contribution in [-0.2, 0) is 16.6 Å². The van der Waals surface area contributed by atoms with E-state index in [4.69, 9.17) is 4.74 Å². The number of fused-ring (bicyclic) bond motifs is 1. The Morgan fingerprint density at radius 1 is 1.17 bits per heavy atom. The highest BCUT2D eigenvalue weighted by molar-refractivity contribution is 5.86. The monoisotopic (exact) mass is 397 g/mol. The SMILES string of the molecule is Cn1cc([C@H](CC(=O)NCCN2CCOCC2)C2CCCCC2)c2ccccc21. The van der Waals surface area contributed by atoms with Gasteiger partial charge in [0.2, 0.25) is 5.91 Å². The molecular formula is C24H35N3O2. The molecular weight excluding hydrogens is 362 g/mol. The van der Waals surface area contributed by atoms with Crippen LogP contribution in [0.25, 0.3) is 10.9 Å². The highest BCUT2D eigenvalue weighted by Gasteiger charge is 2.29. The Morgan fingerprint density at radius 3 is 2.72 bits per heavy atom. The fourth-order valence-electron chi connectivity index (χ4n) is 5.19. The van der Waals surface area contributed by atoms with Gasteiger partial charge >= 0.3 is 0 Å². The molecule has 29 heavy (non-hydrogen) atoms. The summed E-state index contributed by atoms with van der Waals surface area (Å²) in [6, 6.07) is 8.61. The molecule has 1 N–H and O–H groups in total. The van der Waals surface area contributed by atoms with Crippen molar-refractivity contribution in [3.05, 3.63) is 36.0 Å². The van der Waals surface area contributed by atoms with E-state index in [1.165, 1.54) is 48.6 Å². The third-order valence-electron chi connectivity index (χ3n) is 6.81. The van der Waals surface area contributed by atoms with Crippen LogP contribution in [0.5, 0.6) is 0 Å². The molecule has 0 unspecified atom stereocenters. The number of aryl methyl sites for hydroxylation is 1. The maximum Gasteiger partial charge on any atom is 0.220 e. The van der Waals surface area contributed by atoms with Gasteiger partial charge in [0.15, 0.2) is 0 Å². The minimum Gasteiger partial charge on any atom is -0.379 e. The number of benzene rings is 1. The van der Waals surface area contributed by atoms with Crippen LogP contribution in [-0.4, -0.2) is 54.8 Å². The molecule has 2 aliphatic rings. The first-order valence-electron chi connectivity index (χ1n) is 11.3. The van der Waals surface area contributed by atoms with Gasteiger partial charge in [-0.15, -0.1) is 0 Å². The molecule has 1 atom stereocenters. The predicted molar refractivity (Wildman–Crippen MR) is 117 cm³/mol. The highest BCUT2D eigenvalue weighted by atomic mass is 16.5. The first-order chi connectivity index (χ1) is 14.2. The van der Waals surface area contributed by atoms with Gasteiger partial charge in [-0.05, 0) is 36.3 Å². The molecule has 0 radical (unpaired) electrons. The molecule has 2 fully saturated rings. The first-order valence-corrected chi connectivity index (χ1v) is 11.3. The van der Waals surface area contributed by atoms with Crippen LogP contribution in [0.1, 0.15) is 50.0 Å². The van der Waals surface area contributed by atoms with Crippen molar-refractivity contribution >= 4 is 16.8 Å². The van der Waals surface area contributed by atoms with Gasteiger partial charge in [0.05, 0.1) is 13.2 Å². The van der Waals surface area contributed by atoms with E-state index in [0.29, 0.717) is 18.3 Å². The van der Waals surface area contributed by atoms with E-state index in [0.717, 1.165) is 39.4 Å². The number of ether oxygens (including phenoxy) is 1. The Balaban J connectivity index is 1.45. The van der Waals surface area contributed by atoms with Gasteiger partial charge < -0.3 is 14.6 Å². The van der Waals surface area contributed by atoms with Gasteiger partial charge in [0.25, 0.3) is 0 Å². The molecule has 1 amide bonds. The van der Waals surface area contributed by atoms with Crippen molar-refractivity contribution in [1.29, 1.82) is 0 Å². The Kier molecular flexibility index (Phi) is 6.88. The second-order valence-electron chi connectivity index (χ2n) is 8.73. The highest BCUT2D eigenvalue weighted by Crippen LogP contribution is 2.41. The van der Waals surface area contributed by atoms with Crippen LogP contribution in [0.15, 0.2) is 30.5 Å². The van der Waals surface area contributed by atoms with Crippen molar-refractivity contribution in [1.82, 2.24) is 14.8 Å². The summed E-state index contributed by atoms with van der Waals surface area (Å²) in [6.45, 7) is 5.19. The van der Waals surface area contributed by atoms with E-state index in [1.807, 2.05) is 0 Å². The van der Waals surface area contributed by atoms with Gasteiger partial charge in [0, 0.05) is 56.7 Å². The quantitative estimate of drug-likeness (QED) is 0.775. The number of rotatable bonds is 7. The number of amides is 1. The summed E-state index contributed by atoms with van der Waals surface area (Å²) in [6.07, 6.45) is 9.29. The summed E-state index contributed by atoms with van der Waals surface area (Å²) in [4.78, 5) is 15.3. The Hall–Kier alpha value is -1.85. The van der Waals surface area contributed by atoms with Crippen LogP contribution in [0.3, 0.4) is 0 Å². The Labute approximate surface area is 174 Å². The molecule has 0 bridgehead atoms. The summed E-state index contributed by atoms with van der Waals surface area (Å²) in [5.41, 5.74) is 2.62. The van der Waals surface area contributed by atoms with E-state index in [-0.39, 0.29) is 5.91 Å². The van der Waals surface area contributed by atoms with E-state index >= 15 is 0 Å². The van der Waals surface area contributed by atoms with Crippen LogP contribution < -0.4 is 5.32 Å². The number of hydrogen-bond donors (Lipinski definition) is 1. The van der Waals surface area contributed by atoms with Gasteiger partial charge in [-0.1, -0.05) is 37.5 Å². The van der Waals surface area contributed by atoms with Crippen LogP contribution in [0.4, 0.5) is 0 Å². The van der Waals surface area contributed by atoms with Gasteiger partial charge in [-0.3, -0.25) is 9.69 Å². The Morgan fingerprint density at radius 2 is 1.93 bits per heavy atom. The normalized spacial score (nSPS) is 20.0. The summed E-state index contributed by atoms with van der Waals surface area (Å²) < 4.78 is 7.62. The lowest BCUT2D eigenvalue weighted by molar-refractivity contribution is -0.121. The van der Waals surface area contributed by atoms with Gasteiger partial charge in [0.1, 0.15) is 0 Å². The zero-order chi connectivity index (χ0) is 20.1. The number of hydrogen-bond acceptors (Lipinski definition) is 3. The van der Waals surface area contributed by atoms with Crippen molar-refractivity contribution in [3.63, 3.8) is 0 Å². The van der Waals surface area contributed by atoms with Crippen LogP contribution in [0, 0.1) is 5.92 Å². The number of nitrogens with zero attached hydrogens (tertiary/aromatic N) is 2. The molecule has 1 aliphatic heterocycles. The molecule has 1 saturated carbocycles. The minimum atomic E-state index is 0.196. The standard InChI is InChI=1S/C24H35N3O2/c1-26-18-22(20-9-5-6-10-23(20)26)21(19-7-3-2-4-8-19)17-24(28)25-11-12-27-13-15-29-16-14-27/h5-6,9-10,18-19,21H,2-4,7-8,11-17H2,1H3,(H,25,28)/t21-/m1/s1. The molecule has 1 aromatic heterocycles. The number of carbonyl (C=O) groups is 1. The zero-order valence-electron chi connectivity index (χ0n) is 17.7. The first kappa shape index (κ1) is 20.4. The van der Waals surface area contributed by atoms with Crippen molar-refractivity contribution < 1.29 is 9.53 Å². The lowest BCUT2D eigenvalue weighted by Gasteiger charge is -2.30. The lowest BCUT2D eigenvalue weighted by Crippen LogP contribution is -2.41. The van der Waals surface area contributed by atoms with Gasteiger partial charge in [-0.25, -0.2) is 0 Å². The molecule has 0 spiro atoms. The summed E-state index contributed by atoms with van der Waals surface area (Å²) in [5.74, 6) is 1.12. The molecule has 2 heterocycles. The third kappa shape index (κ3) is 5.01. The molecule has 158 valence electrons. The van der Waals surface area contributed by atoms with Crippen LogP contribution >= 0.6 is 0 Å². The number of nitrogens with one attached hydrogen (secondary N) is 1. The molecule has 5 nitrogen and oxygen atoms in total. The van der Waals surface area contributed by atoms with E-state index in [1.54, 1.807) is 0 Å². The van der Waals surface area contributed by atoms with Gasteiger partial charge in [-0.2, -0.15) is 0 Å². The largest absolute Gasteiger partial charge is 0.379 e. The van der Waals surface area contributed by atoms with Crippen molar-refractivity contribution in [2.75, 3.05) is 39.4 Å². The average Bonchev–Trinajstić information content (AvgIpc) is 3.10. The Bertz CT molecular complexity index is 804. The number of morpholine rings is 1. The molecule has 1 saturated heterocycles. The molecule has 5 heteroatoms. The van der Waals surface area contributed by atoms with Crippen molar-refractivity contribution in [3.8, 4) is 0 Å². The molecule has 1 aromatic carbocycles. The molecule has 1 aliphatic carbocycles. The number of para-hydroxylation sites is 1. The van der Waals surface area contributed by atoms with Crippen LogP contribution in [0.2, 0.25) is 0 Å². The van der Waals surface area contributed by atoms with E-state index < -0.39 is 0 Å². The van der Waals surface area contributed by atoms with Crippen molar-refractivity contribution in [2.45, 2.75) is 44.4 Å². The van der Waals surface area contributed by atoms with Crippen molar-refractivity contribution in [2.24, 2.45) is 13.0 Å². The number of aromatic nitrogens is 1. The third-order valence-corrected chi connectivity index (χ3v) is 6.81.